The minimum atomic E-state index is 0.948. The Kier molecular flexibility index (Phi) is 2.13. The van der Waals surface area contributed by atoms with E-state index < -0.39 is 0 Å². The number of aliphatic imine (C=N–C) groups is 1. The van der Waals surface area contributed by atoms with Crippen molar-refractivity contribution in [2.45, 2.75) is 12.8 Å². The highest BCUT2D eigenvalue weighted by atomic mass is 15.0. The molecule has 82 valence electrons. The molecule has 1 N–H and O–H groups in total. The highest BCUT2D eigenvalue weighted by Gasteiger charge is 2.07. The monoisotopic (exact) mass is 214 g/mol. The molecule has 4 nitrogen and oxygen atoms in total. The summed E-state index contributed by atoms with van der Waals surface area (Å²) in [6.45, 7) is 0.948. The first-order chi connectivity index (χ1) is 7.83. The van der Waals surface area contributed by atoms with Gasteiger partial charge in [0.25, 0.3) is 0 Å². The van der Waals surface area contributed by atoms with E-state index >= 15 is 0 Å². The van der Waals surface area contributed by atoms with Crippen molar-refractivity contribution < 1.29 is 0 Å². The van der Waals surface area contributed by atoms with Crippen molar-refractivity contribution in [2.75, 3.05) is 11.9 Å². The van der Waals surface area contributed by atoms with Gasteiger partial charge in [0.05, 0.1) is 11.9 Å². The van der Waals surface area contributed by atoms with Gasteiger partial charge < -0.3 is 9.88 Å². The Bertz CT molecular complexity index is 553. The number of aromatic nitrogens is 2. The van der Waals surface area contributed by atoms with Gasteiger partial charge in [0.2, 0.25) is 0 Å². The molecule has 0 bridgehead atoms. The molecule has 4 heteroatoms. The van der Waals surface area contributed by atoms with Gasteiger partial charge >= 0.3 is 0 Å². The van der Waals surface area contributed by atoms with Crippen LogP contribution in [0.4, 0.5) is 5.69 Å². The average molecular weight is 214 g/mol. The molecule has 3 rings (SSSR count). The summed E-state index contributed by atoms with van der Waals surface area (Å²) in [4.78, 5) is 8.82. The number of fused-ring (bicyclic) bond motifs is 1. The molecule has 0 unspecified atom stereocenters. The quantitative estimate of drug-likeness (QED) is 0.790. The molecule has 16 heavy (non-hydrogen) atoms. The molecule has 0 amide bonds. The van der Waals surface area contributed by atoms with Crippen molar-refractivity contribution in [1.29, 1.82) is 0 Å². The minimum absolute atomic E-state index is 0.948. The average Bonchev–Trinajstić information content (AvgIpc) is 2.90. The van der Waals surface area contributed by atoms with Gasteiger partial charge in [-0.1, -0.05) is 0 Å². The molecule has 2 aromatic heterocycles. The Balaban J connectivity index is 1.92. The molecular weight excluding hydrogens is 200 g/mol. The molecule has 1 aliphatic rings. The van der Waals surface area contributed by atoms with E-state index in [1.165, 1.54) is 0 Å². The molecule has 0 fully saturated rings. The largest absolute Gasteiger partial charge is 0.343 e. The third-order valence-electron chi connectivity index (χ3n) is 2.87. The number of aryl methyl sites for hydroxylation is 1. The molecule has 0 atom stereocenters. The van der Waals surface area contributed by atoms with Crippen LogP contribution >= 0.6 is 0 Å². The summed E-state index contributed by atoms with van der Waals surface area (Å²) in [7, 11) is 2.00. The van der Waals surface area contributed by atoms with Gasteiger partial charge in [-0.05, 0) is 18.6 Å². The highest BCUT2D eigenvalue weighted by molar-refractivity contribution is 5.97. The van der Waals surface area contributed by atoms with E-state index in [9.17, 15) is 0 Å². The van der Waals surface area contributed by atoms with Crippen LogP contribution in [0, 0.1) is 0 Å². The molecule has 0 radical (unpaired) electrons. The van der Waals surface area contributed by atoms with Gasteiger partial charge in [-0.3, -0.25) is 4.99 Å². The van der Waals surface area contributed by atoms with Crippen molar-refractivity contribution in [1.82, 2.24) is 9.55 Å². The van der Waals surface area contributed by atoms with Gasteiger partial charge in [0.1, 0.15) is 11.5 Å². The number of pyridine rings is 1. The van der Waals surface area contributed by atoms with E-state index in [0.717, 1.165) is 41.9 Å². The number of hydrogen-bond acceptors (Lipinski definition) is 3. The topological polar surface area (TPSA) is 42.2 Å². The fourth-order valence-electron chi connectivity index (χ4n) is 2.03. The number of nitrogens with zero attached hydrogens (tertiary/aromatic N) is 3. The number of anilines is 1. The molecule has 0 spiro atoms. The molecule has 0 saturated carbocycles. The normalized spacial score (nSPS) is 15.4. The molecule has 0 saturated heterocycles. The Labute approximate surface area is 94.0 Å². The summed E-state index contributed by atoms with van der Waals surface area (Å²) in [6, 6.07) is 4.19. The minimum Gasteiger partial charge on any atom is -0.343 e. The molecule has 0 aliphatic carbocycles. The second-order valence-electron chi connectivity index (χ2n) is 4.12. The Morgan fingerprint density at radius 1 is 1.44 bits per heavy atom. The highest BCUT2D eigenvalue weighted by Crippen LogP contribution is 2.18. The number of nitrogens with one attached hydrogen (secondary N) is 1. The van der Waals surface area contributed by atoms with E-state index in [1.807, 2.05) is 24.0 Å². The summed E-state index contributed by atoms with van der Waals surface area (Å²) in [5.41, 5.74) is 2.04. The van der Waals surface area contributed by atoms with Crippen LogP contribution in [-0.4, -0.2) is 21.9 Å². The lowest BCUT2D eigenvalue weighted by Crippen LogP contribution is -2.08. The van der Waals surface area contributed by atoms with Crippen LogP contribution in [0.15, 0.2) is 29.5 Å². The van der Waals surface area contributed by atoms with Crippen molar-refractivity contribution in [3.63, 3.8) is 0 Å². The Morgan fingerprint density at radius 2 is 2.38 bits per heavy atom. The van der Waals surface area contributed by atoms with Gasteiger partial charge in [-0.25, -0.2) is 4.98 Å². The van der Waals surface area contributed by atoms with Crippen LogP contribution in [0.3, 0.4) is 0 Å². The van der Waals surface area contributed by atoms with Crippen LogP contribution in [0.2, 0.25) is 0 Å². The number of rotatable bonds is 1. The maximum absolute atomic E-state index is 4.43. The van der Waals surface area contributed by atoms with E-state index in [-0.39, 0.29) is 0 Å². The van der Waals surface area contributed by atoms with E-state index in [4.69, 9.17) is 0 Å². The zero-order chi connectivity index (χ0) is 11.0. The SMILES string of the molecule is Cn1ccc2cc(NC3=NCCC3)cnc21. The third kappa shape index (κ3) is 1.56. The lowest BCUT2D eigenvalue weighted by Gasteiger charge is -2.05. The van der Waals surface area contributed by atoms with Crippen molar-refractivity contribution in [2.24, 2.45) is 12.0 Å². The van der Waals surface area contributed by atoms with Crippen molar-refractivity contribution in [3.8, 4) is 0 Å². The van der Waals surface area contributed by atoms with Gasteiger partial charge in [0, 0.05) is 31.6 Å². The van der Waals surface area contributed by atoms with Crippen LogP contribution in [0.25, 0.3) is 11.0 Å². The van der Waals surface area contributed by atoms with Crippen molar-refractivity contribution >= 4 is 22.6 Å². The molecule has 2 aromatic rings. The smallest absolute Gasteiger partial charge is 0.139 e. The first-order valence-corrected chi connectivity index (χ1v) is 5.54. The summed E-state index contributed by atoms with van der Waals surface area (Å²) < 4.78 is 2.02. The van der Waals surface area contributed by atoms with Crippen LogP contribution in [0.1, 0.15) is 12.8 Å². The summed E-state index contributed by atoms with van der Waals surface area (Å²) in [6.07, 6.45) is 6.09. The van der Waals surface area contributed by atoms with Crippen LogP contribution in [-0.2, 0) is 7.05 Å². The van der Waals surface area contributed by atoms with E-state index in [1.54, 1.807) is 0 Å². The summed E-state index contributed by atoms with van der Waals surface area (Å²) in [5, 5.41) is 4.48. The number of hydrogen-bond donors (Lipinski definition) is 1. The lowest BCUT2D eigenvalue weighted by atomic mass is 10.3. The zero-order valence-corrected chi connectivity index (χ0v) is 9.27. The maximum atomic E-state index is 4.43. The second-order valence-corrected chi connectivity index (χ2v) is 4.12. The lowest BCUT2D eigenvalue weighted by molar-refractivity contribution is 0.948. The number of amidine groups is 1. The zero-order valence-electron chi connectivity index (χ0n) is 9.27. The Hall–Kier alpha value is -1.84. The first-order valence-electron chi connectivity index (χ1n) is 5.54. The molecule has 0 aromatic carbocycles. The van der Waals surface area contributed by atoms with Gasteiger partial charge in [-0.15, -0.1) is 0 Å². The van der Waals surface area contributed by atoms with Crippen LogP contribution in [0.5, 0.6) is 0 Å². The fraction of sp³-hybridized carbons (Fsp3) is 0.333. The van der Waals surface area contributed by atoms with Gasteiger partial charge in [0.15, 0.2) is 0 Å². The predicted molar refractivity (Wildman–Crippen MR) is 65.9 cm³/mol. The maximum Gasteiger partial charge on any atom is 0.139 e. The third-order valence-corrected chi connectivity index (χ3v) is 2.87. The first kappa shape index (κ1) is 9.39. The van der Waals surface area contributed by atoms with E-state index in [0.29, 0.717) is 0 Å². The molecule has 3 heterocycles. The van der Waals surface area contributed by atoms with E-state index in [2.05, 4.69) is 27.4 Å². The molecular formula is C12H14N4. The second kappa shape index (κ2) is 3.63. The Morgan fingerprint density at radius 3 is 3.19 bits per heavy atom. The summed E-state index contributed by atoms with van der Waals surface area (Å²) in [5.74, 6) is 1.08. The van der Waals surface area contributed by atoms with Crippen LogP contribution < -0.4 is 5.32 Å². The fourth-order valence-corrected chi connectivity index (χ4v) is 2.03. The summed E-state index contributed by atoms with van der Waals surface area (Å²) >= 11 is 0. The molecule has 1 aliphatic heterocycles. The van der Waals surface area contributed by atoms with Gasteiger partial charge in [-0.2, -0.15) is 0 Å². The standard InChI is InChI=1S/C12H14N4/c1-16-6-4-9-7-10(8-14-12(9)16)15-11-3-2-5-13-11/h4,6-8H,2-3,5H2,1H3,(H,13,15). The predicted octanol–water partition coefficient (Wildman–Crippen LogP) is 2.18. The van der Waals surface area contributed by atoms with Crippen molar-refractivity contribution in [3.05, 3.63) is 24.5 Å².